The van der Waals surface area contributed by atoms with E-state index in [2.05, 4.69) is 15.5 Å². The molecule has 108 valence electrons. The zero-order valence-electron chi connectivity index (χ0n) is 11.3. The van der Waals surface area contributed by atoms with Crippen molar-refractivity contribution >= 4 is 26.4 Å². The number of anilines is 1. The Labute approximate surface area is 122 Å². The molecule has 0 spiro atoms. The highest BCUT2D eigenvalue weighted by Gasteiger charge is 2.26. The van der Waals surface area contributed by atoms with Crippen molar-refractivity contribution in [3.8, 4) is 6.07 Å². The molecule has 21 heavy (non-hydrogen) atoms. The molecule has 3 rings (SSSR count). The number of rotatable bonds is 2. The van der Waals surface area contributed by atoms with E-state index in [-0.39, 0.29) is 23.2 Å². The molecule has 1 fully saturated rings. The van der Waals surface area contributed by atoms with Crippen molar-refractivity contribution in [3.05, 3.63) is 30.0 Å². The zero-order chi connectivity index (χ0) is 14.9. The molecular formula is C14H14N4O2S. The van der Waals surface area contributed by atoms with Gasteiger partial charge in [-0.15, -0.1) is 10.2 Å². The van der Waals surface area contributed by atoms with Gasteiger partial charge in [0.2, 0.25) is 0 Å². The second-order valence-corrected chi connectivity index (χ2v) is 7.38. The van der Waals surface area contributed by atoms with Gasteiger partial charge in [-0.05, 0) is 18.9 Å². The highest BCUT2D eigenvalue weighted by Crippen LogP contribution is 2.26. The Bertz CT molecular complexity index is 826. The maximum absolute atomic E-state index is 11.7. The van der Waals surface area contributed by atoms with Gasteiger partial charge in [0, 0.05) is 11.4 Å². The fourth-order valence-corrected chi connectivity index (χ4v) is 4.26. The number of nitriles is 1. The van der Waals surface area contributed by atoms with Crippen LogP contribution in [0.3, 0.4) is 0 Å². The average Bonchev–Trinajstić information content (AvgIpc) is 2.46. The van der Waals surface area contributed by atoms with Gasteiger partial charge in [0.05, 0.1) is 22.7 Å². The largest absolute Gasteiger partial charge is 0.378 e. The molecule has 0 bridgehead atoms. The number of nitrogens with one attached hydrogen (secondary N) is 1. The molecule has 0 saturated carbocycles. The SMILES string of the molecule is N#Cc1nnc2ccccc2c1NC1CCCS(=O)(=O)C1. The van der Waals surface area contributed by atoms with Gasteiger partial charge in [-0.2, -0.15) is 5.26 Å². The molecule has 1 saturated heterocycles. The molecule has 1 aromatic heterocycles. The lowest BCUT2D eigenvalue weighted by Crippen LogP contribution is -2.35. The van der Waals surface area contributed by atoms with Crippen molar-refractivity contribution in [1.29, 1.82) is 5.26 Å². The van der Waals surface area contributed by atoms with E-state index in [4.69, 9.17) is 0 Å². The molecule has 0 aliphatic carbocycles. The van der Waals surface area contributed by atoms with Crippen molar-refractivity contribution in [2.75, 3.05) is 16.8 Å². The van der Waals surface area contributed by atoms with Crippen LogP contribution in [-0.2, 0) is 9.84 Å². The molecule has 1 aliphatic heterocycles. The van der Waals surface area contributed by atoms with Crippen LogP contribution in [-0.4, -0.2) is 36.2 Å². The molecule has 1 unspecified atom stereocenters. The molecule has 0 amide bonds. The van der Waals surface area contributed by atoms with Crippen LogP contribution in [0.25, 0.3) is 10.9 Å². The first kappa shape index (κ1) is 13.8. The van der Waals surface area contributed by atoms with Crippen LogP contribution in [0.2, 0.25) is 0 Å². The van der Waals surface area contributed by atoms with Crippen molar-refractivity contribution in [2.24, 2.45) is 0 Å². The van der Waals surface area contributed by atoms with Gasteiger partial charge < -0.3 is 5.32 Å². The van der Waals surface area contributed by atoms with Gasteiger partial charge in [-0.25, -0.2) is 8.42 Å². The normalized spacial score (nSPS) is 20.8. The molecule has 1 atom stereocenters. The summed E-state index contributed by atoms with van der Waals surface area (Å²) in [5, 5.41) is 21.1. The lowest BCUT2D eigenvalue weighted by Gasteiger charge is -2.24. The van der Waals surface area contributed by atoms with Crippen LogP contribution in [0.15, 0.2) is 24.3 Å². The third-order valence-electron chi connectivity index (χ3n) is 3.59. The Morgan fingerprint density at radius 2 is 2.10 bits per heavy atom. The summed E-state index contributed by atoms with van der Waals surface area (Å²) in [5.41, 5.74) is 1.44. The number of nitrogens with zero attached hydrogens (tertiary/aromatic N) is 3. The fourth-order valence-electron chi connectivity index (χ4n) is 2.62. The van der Waals surface area contributed by atoms with E-state index < -0.39 is 9.84 Å². The van der Waals surface area contributed by atoms with Gasteiger partial charge in [0.15, 0.2) is 15.5 Å². The third kappa shape index (κ3) is 2.81. The van der Waals surface area contributed by atoms with E-state index in [0.717, 1.165) is 11.8 Å². The second-order valence-electron chi connectivity index (χ2n) is 5.15. The quantitative estimate of drug-likeness (QED) is 0.903. The Hall–Kier alpha value is -2.20. The summed E-state index contributed by atoms with van der Waals surface area (Å²) < 4.78 is 23.5. The lowest BCUT2D eigenvalue weighted by atomic mass is 10.1. The molecule has 0 radical (unpaired) electrons. The fraction of sp³-hybridized carbons (Fsp3) is 0.357. The van der Waals surface area contributed by atoms with E-state index >= 15 is 0 Å². The first-order chi connectivity index (χ1) is 10.1. The number of fused-ring (bicyclic) bond motifs is 1. The minimum Gasteiger partial charge on any atom is -0.378 e. The molecule has 1 aromatic carbocycles. The van der Waals surface area contributed by atoms with Gasteiger partial charge in [-0.3, -0.25) is 0 Å². The van der Waals surface area contributed by atoms with E-state index in [0.29, 0.717) is 17.6 Å². The van der Waals surface area contributed by atoms with Crippen LogP contribution in [0.1, 0.15) is 18.5 Å². The maximum atomic E-state index is 11.7. The van der Waals surface area contributed by atoms with Crippen LogP contribution < -0.4 is 5.32 Å². The third-order valence-corrected chi connectivity index (χ3v) is 5.41. The van der Waals surface area contributed by atoms with E-state index in [1.165, 1.54) is 0 Å². The monoisotopic (exact) mass is 302 g/mol. The summed E-state index contributed by atoms with van der Waals surface area (Å²) >= 11 is 0. The molecule has 1 aliphatic rings. The predicted molar refractivity (Wildman–Crippen MR) is 79.6 cm³/mol. The summed E-state index contributed by atoms with van der Waals surface area (Å²) in [6.45, 7) is 0. The van der Waals surface area contributed by atoms with Crippen LogP contribution in [0, 0.1) is 11.3 Å². The van der Waals surface area contributed by atoms with E-state index in [1.807, 2.05) is 30.3 Å². The van der Waals surface area contributed by atoms with Gasteiger partial charge in [0.25, 0.3) is 0 Å². The van der Waals surface area contributed by atoms with Crippen molar-refractivity contribution in [3.63, 3.8) is 0 Å². The minimum atomic E-state index is -3.01. The average molecular weight is 302 g/mol. The summed E-state index contributed by atoms with van der Waals surface area (Å²) in [5.74, 6) is 0.333. The van der Waals surface area contributed by atoms with Crippen molar-refractivity contribution in [1.82, 2.24) is 10.2 Å². The second kappa shape index (κ2) is 5.30. The number of aromatic nitrogens is 2. The Morgan fingerprint density at radius 1 is 1.29 bits per heavy atom. The molecule has 2 heterocycles. The summed E-state index contributed by atoms with van der Waals surface area (Å²) in [7, 11) is -3.01. The van der Waals surface area contributed by atoms with Gasteiger partial charge >= 0.3 is 0 Å². The standard InChI is InChI=1S/C14H14N4O2S/c15-8-13-14(11-5-1-2-6-12(11)17-18-13)16-10-4-3-7-21(19,20)9-10/h1-2,5-6,10H,3-4,7,9H2,(H,16,17). The summed E-state index contributed by atoms with van der Waals surface area (Å²) in [6, 6.07) is 9.18. The number of sulfone groups is 1. The summed E-state index contributed by atoms with van der Waals surface area (Å²) in [6.07, 6.45) is 1.40. The first-order valence-corrected chi connectivity index (χ1v) is 8.54. The number of benzene rings is 1. The van der Waals surface area contributed by atoms with Crippen LogP contribution in [0.5, 0.6) is 0 Å². The zero-order valence-corrected chi connectivity index (χ0v) is 12.1. The van der Waals surface area contributed by atoms with Crippen molar-refractivity contribution in [2.45, 2.75) is 18.9 Å². The minimum absolute atomic E-state index is 0.0918. The Balaban J connectivity index is 2.01. The predicted octanol–water partition coefficient (Wildman–Crippen LogP) is 1.49. The molecule has 1 N–H and O–H groups in total. The highest BCUT2D eigenvalue weighted by molar-refractivity contribution is 7.91. The van der Waals surface area contributed by atoms with E-state index in [9.17, 15) is 13.7 Å². The van der Waals surface area contributed by atoms with Crippen LogP contribution >= 0.6 is 0 Å². The van der Waals surface area contributed by atoms with Gasteiger partial charge in [0.1, 0.15) is 6.07 Å². The topological polar surface area (TPSA) is 95.7 Å². The summed E-state index contributed by atoms with van der Waals surface area (Å²) in [4.78, 5) is 0. The lowest BCUT2D eigenvalue weighted by molar-refractivity contribution is 0.562. The smallest absolute Gasteiger partial charge is 0.186 e. The van der Waals surface area contributed by atoms with Crippen molar-refractivity contribution < 1.29 is 8.42 Å². The molecule has 6 nitrogen and oxygen atoms in total. The molecule has 2 aromatic rings. The Kier molecular flexibility index (Phi) is 3.47. The Morgan fingerprint density at radius 3 is 2.86 bits per heavy atom. The number of hydrogen-bond donors (Lipinski definition) is 1. The van der Waals surface area contributed by atoms with Crippen LogP contribution in [0.4, 0.5) is 5.69 Å². The molecular weight excluding hydrogens is 288 g/mol. The maximum Gasteiger partial charge on any atom is 0.186 e. The number of hydrogen-bond acceptors (Lipinski definition) is 6. The van der Waals surface area contributed by atoms with E-state index in [1.54, 1.807) is 0 Å². The highest BCUT2D eigenvalue weighted by atomic mass is 32.2. The van der Waals surface area contributed by atoms with Gasteiger partial charge in [-0.1, -0.05) is 18.2 Å². The first-order valence-electron chi connectivity index (χ1n) is 6.71. The molecule has 7 heteroatoms.